The first-order chi connectivity index (χ1) is 7.06. The lowest BCUT2D eigenvalue weighted by atomic mass is 9.83. The normalized spacial score (nSPS) is 48.2. The van der Waals surface area contributed by atoms with Gasteiger partial charge in [0.2, 0.25) is 0 Å². The number of hydrogen-bond acceptors (Lipinski definition) is 4. The van der Waals surface area contributed by atoms with Gasteiger partial charge in [-0.05, 0) is 18.8 Å². The Hall–Kier alpha value is -0.240. The smallest absolute Gasteiger partial charge is 0.175 e. The molecular weight excluding hydrogens is 200 g/mol. The molecule has 2 saturated carbocycles. The van der Waals surface area contributed by atoms with Crippen molar-refractivity contribution in [3.63, 3.8) is 0 Å². The van der Waals surface area contributed by atoms with Crippen LogP contribution in [0.15, 0.2) is 0 Å². The summed E-state index contributed by atoms with van der Waals surface area (Å²) in [5, 5.41) is 30.7. The van der Waals surface area contributed by atoms with Crippen molar-refractivity contribution in [3.05, 3.63) is 10.4 Å². The fraction of sp³-hybridized carbons (Fsp3) is 1.00. The van der Waals surface area contributed by atoms with Crippen molar-refractivity contribution >= 4 is 0 Å². The fourth-order valence-electron chi connectivity index (χ4n) is 3.50. The van der Waals surface area contributed by atoms with Crippen molar-refractivity contribution in [3.8, 4) is 0 Å². The molecular formula is C9H18N2O4. The van der Waals surface area contributed by atoms with Gasteiger partial charge in [-0.1, -0.05) is 6.92 Å². The van der Waals surface area contributed by atoms with Crippen molar-refractivity contribution in [1.82, 2.24) is 0 Å². The number of hydroxylamine groups is 4. The van der Waals surface area contributed by atoms with E-state index >= 15 is 0 Å². The van der Waals surface area contributed by atoms with Gasteiger partial charge in [0.15, 0.2) is 12.1 Å². The van der Waals surface area contributed by atoms with E-state index in [4.69, 9.17) is 10.0 Å². The Labute approximate surface area is 88.5 Å². The Morgan fingerprint density at radius 2 is 1.93 bits per heavy atom. The van der Waals surface area contributed by atoms with E-state index in [9.17, 15) is 10.4 Å². The molecule has 0 heterocycles. The van der Waals surface area contributed by atoms with E-state index in [0.717, 1.165) is 12.8 Å². The predicted octanol–water partition coefficient (Wildman–Crippen LogP) is -1.88. The summed E-state index contributed by atoms with van der Waals surface area (Å²) in [6.07, 6.45) is 1.84. The zero-order valence-electron chi connectivity index (χ0n) is 8.97. The molecule has 2 fully saturated rings. The number of hydrogen-bond donors (Lipinski definition) is 3. The van der Waals surface area contributed by atoms with Gasteiger partial charge in [-0.2, -0.15) is 0 Å². The Balaban J connectivity index is 2.17. The molecule has 7 unspecified atom stereocenters. The van der Waals surface area contributed by atoms with E-state index in [1.54, 1.807) is 0 Å². The summed E-state index contributed by atoms with van der Waals surface area (Å²) in [6.45, 7) is 2.08. The highest BCUT2D eigenvalue weighted by Crippen LogP contribution is 2.46. The SMILES string of the molecule is CO[NH+]([O-])C1C2CC(C)C(C2)C1[NH+]([O-])O. The maximum absolute atomic E-state index is 11.5. The highest BCUT2D eigenvalue weighted by molar-refractivity contribution is 4.99. The molecule has 2 aliphatic rings. The fourth-order valence-corrected chi connectivity index (χ4v) is 3.50. The van der Waals surface area contributed by atoms with Crippen molar-refractivity contribution < 1.29 is 20.5 Å². The average molecular weight is 218 g/mol. The highest BCUT2D eigenvalue weighted by Gasteiger charge is 2.58. The van der Waals surface area contributed by atoms with Crippen molar-refractivity contribution in [2.75, 3.05) is 7.11 Å². The van der Waals surface area contributed by atoms with Gasteiger partial charge in [0.05, 0.1) is 7.11 Å². The summed E-state index contributed by atoms with van der Waals surface area (Å²) in [5.74, 6) is 0.812. The van der Waals surface area contributed by atoms with Crippen LogP contribution in [-0.4, -0.2) is 24.4 Å². The van der Waals surface area contributed by atoms with Gasteiger partial charge in [-0.15, -0.1) is 0 Å². The van der Waals surface area contributed by atoms with E-state index in [1.807, 2.05) is 0 Å². The lowest BCUT2D eigenvalue weighted by molar-refractivity contribution is -1.13. The summed E-state index contributed by atoms with van der Waals surface area (Å²) >= 11 is 0. The molecule has 6 heteroatoms. The van der Waals surface area contributed by atoms with Gasteiger partial charge in [-0.3, -0.25) is 0 Å². The third-order valence-electron chi connectivity index (χ3n) is 4.09. The lowest BCUT2D eigenvalue weighted by Crippen LogP contribution is -3.21. The van der Waals surface area contributed by atoms with Crippen LogP contribution in [-0.2, 0) is 4.84 Å². The highest BCUT2D eigenvalue weighted by atomic mass is 16.9. The van der Waals surface area contributed by atoms with E-state index in [-0.39, 0.29) is 17.1 Å². The number of nitrogens with one attached hydrogen (secondary N) is 2. The van der Waals surface area contributed by atoms with Gasteiger partial charge in [0.25, 0.3) is 0 Å². The first-order valence-corrected chi connectivity index (χ1v) is 5.37. The standard InChI is InChI=1S/C9H18N2O4/c1-5-3-6-4-7(5)9(10(12)13)8(6)11(14)15-2/h5-12H,3-4H2,1-2H3. The zero-order chi connectivity index (χ0) is 11.2. The molecule has 0 aromatic rings. The van der Waals surface area contributed by atoms with Crippen LogP contribution in [0.2, 0.25) is 0 Å². The summed E-state index contributed by atoms with van der Waals surface area (Å²) in [6, 6.07) is -0.931. The molecule has 0 amide bonds. The molecule has 2 bridgehead atoms. The Bertz CT molecular complexity index is 238. The van der Waals surface area contributed by atoms with Gasteiger partial charge in [0.1, 0.15) is 0 Å². The lowest BCUT2D eigenvalue weighted by Gasteiger charge is -2.39. The summed E-state index contributed by atoms with van der Waals surface area (Å²) in [5.41, 5.74) is 0. The number of rotatable bonds is 3. The van der Waals surface area contributed by atoms with E-state index < -0.39 is 17.3 Å². The molecule has 0 aromatic carbocycles. The van der Waals surface area contributed by atoms with Crippen LogP contribution >= 0.6 is 0 Å². The molecule has 0 aromatic heterocycles. The molecule has 0 aliphatic heterocycles. The molecule has 2 aliphatic carbocycles. The quantitative estimate of drug-likeness (QED) is 0.484. The van der Waals surface area contributed by atoms with Crippen LogP contribution in [0.3, 0.4) is 0 Å². The first kappa shape index (κ1) is 11.3. The molecule has 3 N–H and O–H groups in total. The van der Waals surface area contributed by atoms with E-state index in [2.05, 4.69) is 6.92 Å². The minimum atomic E-state index is -0.843. The average Bonchev–Trinajstić information content (AvgIpc) is 2.71. The van der Waals surface area contributed by atoms with Crippen molar-refractivity contribution in [2.45, 2.75) is 31.8 Å². The van der Waals surface area contributed by atoms with Crippen LogP contribution in [0, 0.1) is 28.2 Å². The molecule has 0 saturated heterocycles. The third-order valence-corrected chi connectivity index (χ3v) is 4.09. The molecule has 0 radical (unpaired) electrons. The summed E-state index contributed by atoms with van der Waals surface area (Å²) < 4.78 is 0. The van der Waals surface area contributed by atoms with Crippen LogP contribution in [0.25, 0.3) is 0 Å². The second-order valence-corrected chi connectivity index (χ2v) is 4.79. The zero-order valence-corrected chi connectivity index (χ0v) is 8.97. The van der Waals surface area contributed by atoms with Crippen molar-refractivity contribution in [2.24, 2.45) is 17.8 Å². The second kappa shape index (κ2) is 3.97. The molecule has 7 atom stereocenters. The van der Waals surface area contributed by atoms with Gasteiger partial charge >= 0.3 is 0 Å². The largest absolute Gasteiger partial charge is 0.600 e. The van der Waals surface area contributed by atoms with E-state index in [0.29, 0.717) is 5.92 Å². The molecule has 88 valence electrons. The minimum Gasteiger partial charge on any atom is -0.600 e. The predicted molar refractivity (Wildman–Crippen MR) is 50.4 cm³/mol. The Morgan fingerprint density at radius 1 is 1.27 bits per heavy atom. The maximum atomic E-state index is 11.5. The number of quaternary nitrogens is 2. The summed E-state index contributed by atoms with van der Waals surface area (Å²) in [4.78, 5) is 4.70. The monoisotopic (exact) mass is 218 g/mol. The van der Waals surface area contributed by atoms with Crippen LogP contribution < -0.4 is 10.5 Å². The Kier molecular flexibility index (Phi) is 2.98. The van der Waals surface area contributed by atoms with Crippen LogP contribution in [0.5, 0.6) is 0 Å². The Morgan fingerprint density at radius 3 is 2.47 bits per heavy atom. The topological polar surface area (TPSA) is 84.5 Å². The number of fused-ring (bicyclic) bond motifs is 2. The molecule has 0 spiro atoms. The minimum absolute atomic E-state index is 0.164. The molecule has 2 rings (SSSR count). The van der Waals surface area contributed by atoms with Crippen molar-refractivity contribution in [1.29, 1.82) is 0 Å². The van der Waals surface area contributed by atoms with E-state index in [1.165, 1.54) is 7.11 Å². The molecule has 6 nitrogen and oxygen atoms in total. The third kappa shape index (κ3) is 1.67. The summed E-state index contributed by atoms with van der Waals surface area (Å²) in [7, 11) is 1.33. The van der Waals surface area contributed by atoms with Gasteiger partial charge in [-0.25, -0.2) is 20.5 Å². The molecule has 15 heavy (non-hydrogen) atoms. The second-order valence-electron chi connectivity index (χ2n) is 4.79. The first-order valence-electron chi connectivity index (χ1n) is 5.37. The van der Waals surface area contributed by atoms with Crippen LogP contribution in [0.4, 0.5) is 0 Å². The van der Waals surface area contributed by atoms with Gasteiger partial charge in [0, 0.05) is 11.8 Å². The van der Waals surface area contributed by atoms with Crippen LogP contribution in [0.1, 0.15) is 19.8 Å². The van der Waals surface area contributed by atoms with Gasteiger partial charge < -0.3 is 10.4 Å². The maximum Gasteiger partial charge on any atom is 0.175 e.